The molecule has 0 atom stereocenters. The average molecular weight is 460 g/mol. The Bertz CT molecular complexity index is 1120. The van der Waals surface area contributed by atoms with Gasteiger partial charge in [0.15, 0.2) is 15.6 Å². The smallest absolute Gasteiger partial charge is 0.266 e. The van der Waals surface area contributed by atoms with E-state index in [1.807, 2.05) is 26.0 Å². The van der Waals surface area contributed by atoms with Crippen molar-refractivity contribution in [2.75, 3.05) is 11.6 Å². The van der Waals surface area contributed by atoms with E-state index in [-0.39, 0.29) is 33.3 Å². The number of hydrogen-bond acceptors (Lipinski definition) is 5. The molecule has 2 aromatic rings. The maximum absolute atomic E-state index is 13.1. The van der Waals surface area contributed by atoms with Crippen LogP contribution in [0.25, 0.3) is 0 Å². The highest BCUT2D eigenvalue weighted by Gasteiger charge is 2.39. The van der Waals surface area contributed by atoms with Crippen molar-refractivity contribution in [1.29, 1.82) is 0 Å². The topological polar surface area (TPSA) is 80.3 Å². The molecule has 1 aromatic carbocycles. The molecule has 0 bridgehead atoms. The number of anilines is 1. The van der Waals surface area contributed by atoms with Crippen LogP contribution in [0, 0.1) is 5.41 Å². The number of fused-ring (bicyclic) bond motifs is 1. The largest absolute Gasteiger partial charge is 0.321 e. The van der Waals surface area contributed by atoms with Crippen LogP contribution in [0.1, 0.15) is 89.4 Å². The zero-order valence-corrected chi connectivity index (χ0v) is 19.9. The molecule has 7 heteroatoms. The number of hydrogen-bond donors (Lipinski definition) is 1. The van der Waals surface area contributed by atoms with Crippen LogP contribution < -0.4 is 5.32 Å². The van der Waals surface area contributed by atoms with E-state index in [4.69, 9.17) is 0 Å². The molecular weight excluding hydrogens is 430 g/mol. The molecule has 1 saturated carbocycles. The van der Waals surface area contributed by atoms with Gasteiger partial charge in [0.2, 0.25) is 0 Å². The lowest BCUT2D eigenvalue weighted by atomic mass is 9.74. The third-order valence-electron chi connectivity index (χ3n) is 6.34. The van der Waals surface area contributed by atoms with Crippen molar-refractivity contribution in [3.05, 3.63) is 45.8 Å². The van der Waals surface area contributed by atoms with Gasteiger partial charge in [0, 0.05) is 18.4 Å². The lowest BCUT2D eigenvalue weighted by Gasteiger charge is -2.29. The van der Waals surface area contributed by atoms with E-state index in [1.165, 1.54) is 37.7 Å². The molecule has 4 rings (SSSR count). The van der Waals surface area contributed by atoms with E-state index >= 15 is 0 Å². The van der Waals surface area contributed by atoms with Gasteiger partial charge in [-0.3, -0.25) is 9.59 Å². The highest BCUT2D eigenvalue weighted by atomic mass is 32.2. The Morgan fingerprint density at radius 2 is 1.71 bits per heavy atom. The quantitative estimate of drug-likeness (QED) is 0.645. The van der Waals surface area contributed by atoms with Gasteiger partial charge in [0.1, 0.15) is 4.21 Å². The molecule has 1 aromatic heterocycles. The van der Waals surface area contributed by atoms with Crippen LogP contribution in [0.3, 0.4) is 0 Å². The van der Waals surface area contributed by atoms with E-state index in [2.05, 4.69) is 17.4 Å². The van der Waals surface area contributed by atoms with E-state index in [9.17, 15) is 18.0 Å². The van der Waals surface area contributed by atoms with E-state index in [1.54, 1.807) is 0 Å². The number of nitrogens with one attached hydrogen (secondary N) is 1. The van der Waals surface area contributed by atoms with Crippen LogP contribution in [0.4, 0.5) is 5.69 Å². The standard InChI is InChI=1S/C24H29NO4S2/c1-24(2)13-18-20(19(26)14-24)23(31(3,28)29)30-21(18)22(27)25-17-11-9-16(10-12-17)15-7-5-4-6-8-15/h9-12,15H,4-8,13-14H2,1-3H3,(H,25,27). The summed E-state index contributed by atoms with van der Waals surface area (Å²) in [4.78, 5) is 26.2. The number of sulfone groups is 1. The van der Waals surface area contributed by atoms with Gasteiger partial charge in [-0.05, 0) is 53.9 Å². The van der Waals surface area contributed by atoms with Crippen LogP contribution in [0.5, 0.6) is 0 Å². The van der Waals surface area contributed by atoms with Gasteiger partial charge in [-0.1, -0.05) is 45.2 Å². The molecule has 1 amide bonds. The normalized spacial score (nSPS) is 19.1. The monoisotopic (exact) mass is 459 g/mol. The summed E-state index contributed by atoms with van der Waals surface area (Å²) in [5.74, 6) is 0.0410. The molecule has 0 aliphatic heterocycles. The van der Waals surface area contributed by atoms with Gasteiger partial charge in [-0.25, -0.2) is 8.42 Å². The third-order valence-corrected chi connectivity index (χ3v) is 9.40. The molecular formula is C24H29NO4S2. The molecule has 0 unspecified atom stereocenters. The lowest BCUT2D eigenvalue weighted by Crippen LogP contribution is -2.28. The second kappa shape index (κ2) is 8.17. The molecule has 5 nitrogen and oxygen atoms in total. The molecule has 166 valence electrons. The second-order valence-corrected chi connectivity index (χ2v) is 12.9. The molecule has 0 radical (unpaired) electrons. The molecule has 2 aliphatic rings. The van der Waals surface area contributed by atoms with E-state index in [0.29, 0.717) is 28.5 Å². The van der Waals surface area contributed by atoms with Crippen LogP contribution in [-0.4, -0.2) is 26.4 Å². The minimum atomic E-state index is -3.60. The number of benzene rings is 1. The van der Waals surface area contributed by atoms with Crippen LogP contribution in [0.15, 0.2) is 28.5 Å². The first-order chi connectivity index (χ1) is 14.5. The van der Waals surface area contributed by atoms with Gasteiger partial charge in [0.05, 0.1) is 10.4 Å². The number of Topliss-reactive ketones (excluding diaryl/α,β-unsaturated/α-hetero) is 1. The van der Waals surface area contributed by atoms with Crippen LogP contribution in [0.2, 0.25) is 0 Å². The first kappa shape index (κ1) is 22.2. The fourth-order valence-electron chi connectivity index (χ4n) is 4.86. The zero-order chi connectivity index (χ0) is 22.4. The van der Waals surface area contributed by atoms with Crippen molar-refractivity contribution < 1.29 is 18.0 Å². The van der Waals surface area contributed by atoms with Crippen molar-refractivity contribution in [3.8, 4) is 0 Å². The summed E-state index contributed by atoms with van der Waals surface area (Å²) in [6.45, 7) is 3.94. The molecule has 0 spiro atoms. The molecule has 2 aliphatic carbocycles. The van der Waals surface area contributed by atoms with Gasteiger partial charge in [-0.15, -0.1) is 11.3 Å². The van der Waals surface area contributed by atoms with E-state index in [0.717, 1.165) is 17.6 Å². The van der Waals surface area contributed by atoms with Crippen LogP contribution >= 0.6 is 11.3 Å². The first-order valence-corrected chi connectivity index (χ1v) is 13.6. The molecule has 31 heavy (non-hydrogen) atoms. The molecule has 0 saturated heterocycles. The van der Waals surface area contributed by atoms with Crippen molar-refractivity contribution >= 4 is 38.6 Å². The Hall–Kier alpha value is -1.99. The number of thiophene rings is 1. The van der Waals surface area contributed by atoms with Crippen molar-refractivity contribution in [2.45, 2.75) is 68.9 Å². The summed E-state index contributed by atoms with van der Waals surface area (Å²) in [6.07, 6.45) is 8.15. The summed E-state index contributed by atoms with van der Waals surface area (Å²) in [5, 5.41) is 2.91. The van der Waals surface area contributed by atoms with Crippen molar-refractivity contribution in [2.24, 2.45) is 5.41 Å². The second-order valence-electron chi connectivity index (χ2n) is 9.70. The highest BCUT2D eigenvalue weighted by Crippen LogP contribution is 2.43. The van der Waals surface area contributed by atoms with Crippen molar-refractivity contribution in [3.63, 3.8) is 0 Å². The fourth-order valence-corrected chi connectivity index (χ4v) is 7.29. The maximum Gasteiger partial charge on any atom is 0.266 e. The summed E-state index contributed by atoms with van der Waals surface area (Å²) < 4.78 is 24.7. The number of amides is 1. The predicted octanol–water partition coefficient (Wildman–Crippen LogP) is 5.61. The summed E-state index contributed by atoms with van der Waals surface area (Å²) in [5.41, 5.74) is 2.47. The third kappa shape index (κ3) is 4.62. The Morgan fingerprint density at radius 1 is 1.06 bits per heavy atom. The Balaban J connectivity index is 1.62. The fraction of sp³-hybridized carbons (Fsp3) is 0.500. The summed E-state index contributed by atoms with van der Waals surface area (Å²) in [7, 11) is -3.60. The number of rotatable bonds is 4. The molecule has 1 fully saturated rings. The summed E-state index contributed by atoms with van der Waals surface area (Å²) in [6, 6.07) is 7.97. The SMILES string of the molecule is CC1(C)CC(=O)c2c(S(C)(=O)=O)sc(C(=O)Nc3ccc(C4CCCCC4)cc3)c2C1. The lowest BCUT2D eigenvalue weighted by molar-refractivity contribution is 0.0909. The summed E-state index contributed by atoms with van der Waals surface area (Å²) >= 11 is 0.919. The van der Waals surface area contributed by atoms with Gasteiger partial charge < -0.3 is 5.32 Å². The maximum atomic E-state index is 13.1. The predicted molar refractivity (Wildman–Crippen MR) is 124 cm³/mol. The average Bonchev–Trinajstić information content (AvgIpc) is 3.08. The van der Waals surface area contributed by atoms with Crippen LogP contribution in [-0.2, 0) is 16.3 Å². The number of ketones is 1. The Labute approximate surface area is 188 Å². The van der Waals surface area contributed by atoms with E-state index < -0.39 is 9.84 Å². The highest BCUT2D eigenvalue weighted by molar-refractivity contribution is 7.92. The van der Waals surface area contributed by atoms with Gasteiger partial charge >= 0.3 is 0 Å². The van der Waals surface area contributed by atoms with Gasteiger partial charge in [0.25, 0.3) is 5.91 Å². The first-order valence-electron chi connectivity index (χ1n) is 10.9. The number of carbonyl (C=O) groups is 2. The Kier molecular flexibility index (Phi) is 5.85. The molecule has 1 N–H and O–H groups in total. The van der Waals surface area contributed by atoms with Crippen molar-refractivity contribution in [1.82, 2.24) is 0 Å². The molecule has 1 heterocycles. The zero-order valence-electron chi connectivity index (χ0n) is 18.3. The minimum absolute atomic E-state index is 0.0146. The Morgan fingerprint density at radius 3 is 2.32 bits per heavy atom. The van der Waals surface area contributed by atoms with Gasteiger partial charge in [-0.2, -0.15) is 0 Å². The number of carbonyl (C=O) groups excluding carboxylic acids is 2. The minimum Gasteiger partial charge on any atom is -0.321 e.